The Hall–Kier alpha value is -3.37. The molecule has 0 fully saturated rings. The molecule has 0 saturated heterocycles. The summed E-state index contributed by atoms with van der Waals surface area (Å²) in [6, 6.07) is 15.7. The third-order valence-electron chi connectivity index (χ3n) is 7.45. The minimum absolute atomic E-state index is 0.167. The van der Waals surface area contributed by atoms with Gasteiger partial charge in [0.2, 0.25) is 0 Å². The number of halogens is 4. The van der Waals surface area contributed by atoms with Crippen LogP contribution in [0.2, 0.25) is 5.02 Å². The van der Waals surface area contributed by atoms with E-state index in [9.17, 15) is 13.2 Å². The predicted octanol–water partition coefficient (Wildman–Crippen LogP) is 6.98. The number of hydrogen-bond donors (Lipinski definition) is 2. The van der Waals surface area contributed by atoms with E-state index >= 15 is 0 Å². The summed E-state index contributed by atoms with van der Waals surface area (Å²) in [5.41, 5.74) is 8.46. The number of anilines is 1. The first-order chi connectivity index (χ1) is 19.0. The maximum Gasteiger partial charge on any atom is 0.490 e. The van der Waals surface area contributed by atoms with Gasteiger partial charge in [-0.2, -0.15) is 13.2 Å². The summed E-state index contributed by atoms with van der Waals surface area (Å²) < 4.78 is 33.8. The summed E-state index contributed by atoms with van der Waals surface area (Å²) in [6.07, 6.45) is 0.554. The standard InChI is InChI=1S/C27H32ClN5.C2HF3O2/c1-4-18(2)32-13-10-20(11-14-32)21-8-9-24-25(16-21)26(29-23-7-5-6-22(28)17-23)12-15-33-27(24)19(3)30-31-33;3-2(4,5)1(6)7/h5-10,16-18,26,29H,4,11-15H2,1-3H3;(H,6,7). The molecule has 214 valence electrons. The predicted molar refractivity (Wildman–Crippen MR) is 150 cm³/mol. The SMILES string of the molecule is CCC(C)N1CC=C(c2ccc3c(c2)C(Nc2cccc(Cl)c2)CCn2nnc(C)c2-3)CC1.O=C(O)C(F)(F)F. The molecule has 2 unspecified atom stereocenters. The fourth-order valence-electron chi connectivity index (χ4n) is 5.10. The van der Waals surface area contributed by atoms with Crippen molar-refractivity contribution < 1.29 is 23.1 Å². The Bertz CT molecular complexity index is 1390. The molecule has 0 aliphatic carbocycles. The van der Waals surface area contributed by atoms with Crippen LogP contribution in [0.1, 0.15) is 56.0 Å². The first kappa shape index (κ1) is 29.6. The lowest BCUT2D eigenvalue weighted by atomic mass is 9.90. The molecule has 40 heavy (non-hydrogen) atoms. The van der Waals surface area contributed by atoms with Gasteiger partial charge in [-0.15, -0.1) is 5.10 Å². The van der Waals surface area contributed by atoms with Crippen LogP contribution in [0, 0.1) is 6.92 Å². The van der Waals surface area contributed by atoms with Crippen molar-refractivity contribution in [2.45, 2.75) is 64.8 Å². The Kier molecular flexibility index (Phi) is 9.20. The second-order valence-electron chi connectivity index (χ2n) is 10.1. The van der Waals surface area contributed by atoms with Gasteiger partial charge in [-0.05, 0) is 74.1 Å². The lowest BCUT2D eigenvalue weighted by Gasteiger charge is -2.31. The van der Waals surface area contributed by atoms with Gasteiger partial charge < -0.3 is 10.4 Å². The number of nitrogens with one attached hydrogen (secondary N) is 1. The third-order valence-corrected chi connectivity index (χ3v) is 7.68. The Morgan fingerprint density at radius 1 is 1.23 bits per heavy atom. The van der Waals surface area contributed by atoms with Crippen LogP contribution in [0.4, 0.5) is 18.9 Å². The lowest BCUT2D eigenvalue weighted by Crippen LogP contribution is -2.35. The van der Waals surface area contributed by atoms with E-state index in [1.807, 2.05) is 25.1 Å². The monoisotopic (exact) mass is 575 g/mol. The molecule has 2 N–H and O–H groups in total. The number of aliphatic carboxylic acids is 1. The molecule has 2 aliphatic rings. The average molecular weight is 576 g/mol. The van der Waals surface area contributed by atoms with E-state index in [-0.39, 0.29) is 6.04 Å². The smallest absolute Gasteiger partial charge is 0.475 e. The molecule has 5 rings (SSSR count). The van der Waals surface area contributed by atoms with Crippen molar-refractivity contribution in [1.29, 1.82) is 0 Å². The third kappa shape index (κ3) is 6.85. The maximum atomic E-state index is 10.6. The number of carboxylic acids is 1. The van der Waals surface area contributed by atoms with E-state index in [4.69, 9.17) is 21.5 Å². The molecule has 11 heteroatoms. The van der Waals surface area contributed by atoms with E-state index in [2.05, 4.69) is 69.4 Å². The molecule has 0 saturated carbocycles. The van der Waals surface area contributed by atoms with E-state index in [0.717, 1.165) is 54.6 Å². The maximum absolute atomic E-state index is 10.6. The summed E-state index contributed by atoms with van der Waals surface area (Å²) in [4.78, 5) is 11.5. The molecule has 0 bridgehead atoms. The molecule has 0 spiro atoms. The Labute approximate surface area is 236 Å². The summed E-state index contributed by atoms with van der Waals surface area (Å²) in [5.74, 6) is -2.76. The molecule has 0 radical (unpaired) electrons. The summed E-state index contributed by atoms with van der Waals surface area (Å²) in [6.45, 7) is 9.62. The van der Waals surface area contributed by atoms with Crippen molar-refractivity contribution >= 4 is 28.8 Å². The highest BCUT2D eigenvalue weighted by atomic mass is 35.5. The van der Waals surface area contributed by atoms with Crippen LogP contribution < -0.4 is 5.32 Å². The minimum Gasteiger partial charge on any atom is -0.475 e. The molecule has 2 aliphatic heterocycles. The molecule has 7 nitrogen and oxygen atoms in total. The average Bonchev–Trinajstić information content (AvgIpc) is 3.22. The van der Waals surface area contributed by atoms with Gasteiger partial charge in [0.05, 0.1) is 17.4 Å². The molecule has 2 aromatic carbocycles. The van der Waals surface area contributed by atoms with Crippen LogP contribution in [-0.2, 0) is 11.3 Å². The van der Waals surface area contributed by atoms with Gasteiger partial charge in [0, 0.05) is 41.9 Å². The zero-order valence-corrected chi connectivity index (χ0v) is 23.4. The Balaban J connectivity index is 0.000000470. The molecule has 2 atom stereocenters. The number of aromatic nitrogens is 3. The number of hydrogen-bond acceptors (Lipinski definition) is 5. The summed E-state index contributed by atoms with van der Waals surface area (Å²) in [7, 11) is 0. The highest BCUT2D eigenvalue weighted by Gasteiger charge is 2.38. The fourth-order valence-corrected chi connectivity index (χ4v) is 5.29. The van der Waals surface area contributed by atoms with Gasteiger partial charge in [0.15, 0.2) is 0 Å². The molecule has 0 amide bonds. The van der Waals surface area contributed by atoms with Crippen LogP contribution in [0.3, 0.4) is 0 Å². The van der Waals surface area contributed by atoms with E-state index in [1.54, 1.807) is 0 Å². The number of carbonyl (C=O) groups is 1. The zero-order chi connectivity index (χ0) is 29.0. The lowest BCUT2D eigenvalue weighted by molar-refractivity contribution is -0.192. The highest BCUT2D eigenvalue weighted by molar-refractivity contribution is 6.30. The number of aryl methyl sites for hydroxylation is 2. The van der Waals surface area contributed by atoms with Gasteiger partial charge in [0.1, 0.15) is 0 Å². The van der Waals surface area contributed by atoms with Gasteiger partial charge in [0.25, 0.3) is 0 Å². The van der Waals surface area contributed by atoms with Crippen molar-refractivity contribution in [1.82, 2.24) is 19.9 Å². The van der Waals surface area contributed by atoms with E-state index in [1.165, 1.54) is 28.7 Å². The van der Waals surface area contributed by atoms with Gasteiger partial charge >= 0.3 is 12.1 Å². The Morgan fingerprint density at radius 2 is 1.98 bits per heavy atom. The summed E-state index contributed by atoms with van der Waals surface area (Å²) in [5, 5.41) is 20.4. The van der Waals surface area contributed by atoms with Crippen LogP contribution in [0.5, 0.6) is 0 Å². The molecule has 3 heterocycles. The van der Waals surface area contributed by atoms with Crippen molar-refractivity contribution in [3.8, 4) is 11.3 Å². The normalized spacial score (nSPS) is 17.9. The summed E-state index contributed by atoms with van der Waals surface area (Å²) >= 11 is 6.27. The minimum atomic E-state index is -5.08. The van der Waals surface area contributed by atoms with Crippen LogP contribution in [0.25, 0.3) is 16.8 Å². The highest BCUT2D eigenvalue weighted by Crippen LogP contribution is 2.39. The molecule has 1 aromatic heterocycles. The van der Waals surface area contributed by atoms with Crippen LogP contribution in [0.15, 0.2) is 48.5 Å². The van der Waals surface area contributed by atoms with Gasteiger partial charge in [-0.3, -0.25) is 4.90 Å². The first-order valence-corrected chi connectivity index (χ1v) is 13.7. The van der Waals surface area contributed by atoms with Crippen molar-refractivity contribution in [2.24, 2.45) is 0 Å². The van der Waals surface area contributed by atoms with Crippen molar-refractivity contribution in [3.05, 3.63) is 70.4 Å². The fraction of sp³-hybridized carbons (Fsp3) is 0.414. The molecule has 3 aromatic rings. The number of alkyl halides is 3. The number of carboxylic acid groups (broad SMARTS) is 1. The van der Waals surface area contributed by atoms with Crippen molar-refractivity contribution in [2.75, 3.05) is 18.4 Å². The molecular formula is C29H33ClF3N5O2. The van der Waals surface area contributed by atoms with Crippen molar-refractivity contribution in [3.63, 3.8) is 0 Å². The zero-order valence-electron chi connectivity index (χ0n) is 22.7. The van der Waals surface area contributed by atoms with E-state index in [0.29, 0.717) is 6.04 Å². The molecular weight excluding hydrogens is 543 g/mol. The van der Waals surface area contributed by atoms with Crippen LogP contribution in [-0.4, -0.2) is 56.3 Å². The second-order valence-corrected chi connectivity index (χ2v) is 10.5. The number of rotatable bonds is 5. The largest absolute Gasteiger partial charge is 0.490 e. The topological polar surface area (TPSA) is 83.3 Å². The number of benzene rings is 2. The second kappa shape index (κ2) is 12.4. The van der Waals surface area contributed by atoms with E-state index < -0.39 is 12.1 Å². The van der Waals surface area contributed by atoms with Gasteiger partial charge in [-0.1, -0.05) is 48.0 Å². The number of nitrogens with zero attached hydrogens (tertiary/aromatic N) is 4. The Morgan fingerprint density at radius 3 is 2.60 bits per heavy atom. The first-order valence-electron chi connectivity index (χ1n) is 13.3. The number of fused-ring (bicyclic) bond motifs is 3. The van der Waals surface area contributed by atoms with Crippen LogP contribution >= 0.6 is 11.6 Å². The van der Waals surface area contributed by atoms with Gasteiger partial charge in [-0.25, -0.2) is 9.48 Å². The quantitative estimate of drug-likeness (QED) is 0.341.